The molecule has 0 N–H and O–H groups in total. The van der Waals surface area contributed by atoms with E-state index in [0.717, 1.165) is 43.7 Å². The molecule has 4 nitrogen and oxygen atoms in total. The van der Waals surface area contributed by atoms with Gasteiger partial charge in [-0.3, -0.25) is 9.48 Å². The van der Waals surface area contributed by atoms with Gasteiger partial charge in [0, 0.05) is 31.3 Å². The summed E-state index contributed by atoms with van der Waals surface area (Å²) in [7, 11) is 0. The van der Waals surface area contributed by atoms with E-state index in [9.17, 15) is 4.79 Å². The molecule has 5 heteroatoms. The fourth-order valence-electron chi connectivity index (χ4n) is 2.42. The van der Waals surface area contributed by atoms with Crippen LogP contribution in [0.15, 0.2) is 6.08 Å². The van der Waals surface area contributed by atoms with Crippen LogP contribution in [0.3, 0.4) is 0 Å². The van der Waals surface area contributed by atoms with E-state index >= 15 is 0 Å². The number of hydrogen-bond acceptors (Lipinski definition) is 2. The predicted octanol–water partition coefficient (Wildman–Crippen LogP) is 3.14. The zero-order chi connectivity index (χ0) is 14.7. The first-order valence-electron chi connectivity index (χ1n) is 7.19. The van der Waals surface area contributed by atoms with Crippen molar-refractivity contribution in [3.8, 4) is 0 Å². The molecule has 1 fully saturated rings. The largest absolute Gasteiger partial charge is 0.339 e. The van der Waals surface area contributed by atoms with Crippen LogP contribution >= 0.6 is 11.6 Å². The molecule has 1 saturated heterocycles. The third-order valence-corrected chi connectivity index (χ3v) is 3.86. The Kier molecular flexibility index (Phi) is 4.86. The third-order valence-electron chi connectivity index (χ3n) is 3.46. The SMILES string of the molecule is Cc1nn(CC(C)C)c(Cl)c1C=CC(=O)N1CCCC1. The molecule has 1 aromatic heterocycles. The Labute approximate surface area is 125 Å². The minimum absolute atomic E-state index is 0.0644. The number of nitrogens with zero attached hydrogens (tertiary/aromatic N) is 3. The number of aromatic nitrogens is 2. The van der Waals surface area contributed by atoms with E-state index < -0.39 is 0 Å². The summed E-state index contributed by atoms with van der Waals surface area (Å²) in [6.07, 6.45) is 5.61. The fourth-order valence-corrected chi connectivity index (χ4v) is 2.73. The molecule has 1 aliphatic heterocycles. The van der Waals surface area contributed by atoms with Gasteiger partial charge in [0.2, 0.25) is 5.91 Å². The van der Waals surface area contributed by atoms with Gasteiger partial charge in [-0.05, 0) is 31.8 Å². The number of aryl methyl sites for hydroxylation is 1. The monoisotopic (exact) mass is 295 g/mol. The summed E-state index contributed by atoms with van der Waals surface area (Å²) in [6.45, 7) is 8.68. The van der Waals surface area contributed by atoms with Crippen molar-refractivity contribution in [1.82, 2.24) is 14.7 Å². The van der Waals surface area contributed by atoms with Crippen LogP contribution in [0.2, 0.25) is 5.15 Å². The van der Waals surface area contributed by atoms with E-state index in [-0.39, 0.29) is 5.91 Å². The molecule has 0 aromatic carbocycles. The molecule has 2 rings (SSSR count). The summed E-state index contributed by atoms with van der Waals surface area (Å²) in [5, 5.41) is 5.05. The van der Waals surface area contributed by atoms with Gasteiger partial charge in [0.25, 0.3) is 0 Å². The number of hydrogen-bond donors (Lipinski definition) is 0. The zero-order valence-electron chi connectivity index (χ0n) is 12.4. The summed E-state index contributed by atoms with van der Waals surface area (Å²) in [5.41, 5.74) is 1.71. The topological polar surface area (TPSA) is 38.1 Å². The zero-order valence-corrected chi connectivity index (χ0v) is 13.2. The Balaban J connectivity index is 2.12. The van der Waals surface area contributed by atoms with Crippen molar-refractivity contribution in [2.45, 2.75) is 40.2 Å². The van der Waals surface area contributed by atoms with Crippen molar-refractivity contribution in [2.75, 3.05) is 13.1 Å². The molecule has 0 aliphatic carbocycles. The van der Waals surface area contributed by atoms with Gasteiger partial charge in [-0.1, -0.05) is 25.4 Å². The lowest BCUT2D eigenvalue weighted by Gasteiger charge is -2.11. The van der Waals surface area contributed by atoms with Crippen LogP contribution in [-0.4, -0.2) is 33.7 Å². The molecular formula is C15H22ClN3O. The van der Waals surface area contributed by atoms with Crippen molar-refractivity contribution < 1.29 is 4.79 Å². The smallest absolute Gasteiger partial charge is 0.246 e. The Morgan fingerprint density at radius 3 is 2.65 bits per heavy atom. The highest BCUT2D eigenvalue weighted by Gasteiger charge is 2.16. The average molecular weight is 296 g/mol. The van der Waals surface area contributed by atoms with Gasteiger partial charge >= 0.3 is 0 Å². The maximum absolute atomic E-state index is 12.0. The Hall–Kier alpha value is -1.29. The van der Waals surface area contributed by atoms with Crippen LogP contribution in [-0.2, 0) is 11.3 Å². The van der Waals surface area contributed by atoms with Crippen LogP contribution in [0.25, 0.3) is 6.08 Å². The van der Waals surface area contributed by atoms with Gasteiger partial charge < -0.3 is 4.90 Å². The van der Waals surface area contributed by atoms with E-state index in [1.807, 2.05) is 16.5 Å². The molecule has 0 saturated carbocycles. The molecule has 0 bridgehead atoms. The number of carbonyl (C=O) groups is 1. The second-order valence-electron chi connectivity index (χ2n) is 5.73. The molecular weight excluding hydrogens is 274 g/mol. The van der Waals surface area contributed by atoms with Crippen molar-refractivity contribution in [3.05, 3.63) is 22.5 Å². The maximum atomic E-state index is 12.0. The molecule has 2 heterocycles. The van der Waals surface area contributed by atoms with Crippen LogP contribution in [0.4, 0.5) is 0 Å². The van der Waals surface area contributed by atoms with Gasteiger partial charge in [-0.25, -0.2) is 0 Å². The molecule has 1 aromatic rings. The molecule has 0 spiro atoms. The van der Waals surface area contributed by atoms with Gasteiger partial charge in [-0.15, -0.1) is 0 Å². The van der Waals surface area contributed by atoms with E-state index in [2.05, 4.69) is 18.9 Å². The summed E-state index contributed by atoms with van der Waals surface area (Å²) < 4.78 is 1.81. The number of carbonyl (C=O) groups excluding carboxylic acids is 1. The predicted molar refractivity (Wildman–Crippen MR) is 81.7 cm³/mol. The summed E-state index contributed by atoms with van der Waals surface area (Å²) in [4.78, 5) is 13.9. The number of likely N-dealkylation sites (tertiary alicyclic amines) is 1. The quantitative estimate of drug-likeness (QED) is 0.800. The van der Waals surface area contributed by atoms with Crippen molar-refractivity contribution in [1.29, 1.82) is 0 Å². The van der Waals surface area contributed by atoms with Crippen LogP contribution in [0.1, 0.15) is 37.9 Å². The highest BCUT2D eigenvalue weighted by Crippen LogP contribution is 2.22. The number of halogens is 1. The molecule has 0 unspecified atom stereocenters. The van der Waals surface area contributed by atoms with Gasteiger partial charge in [0.05, 0.1) is 5.69 Å². The second-order valence-corrected chi connectivity index (χ2v) is 6.09. The first-order valence-corrected chi connectivity index (χ1v) is 7.56. The standard InChI is InChI=1S/C15H22ClN3O/c1-11(2)10-19-15(16)13(12(3)17-19)6-7-14(20)18-8-4-5-9-18/h6-7,11H,4-5,8-10H2,1-3H3. The Morgan fingerprint density at radius 1 is 1.40 bits per heavy atom. The first-order chi connectivity index (χ1) is 9.49. The molecule has 1 aliphatic rings. The maximum Gasteiger partial charge on any atom is 0.246 e. The minimum atomic E-state index is 0.0644. The van der Waals surface area contributed by atoms with E-state index in [1.165, 1.54) is 0 Å². The van der Waals surface area contributed by atoms with E-state index in [1.54, 1.807) is 12.2 Å². The summed E-state index contributed by atoms with van der Waals surface area (Å²) in [5.74, 6) is 0.546. The summed E-state index contributed by atoms with van der Waals surface area (Å²) >= 11 is 6.34. The Bertz CT molecular complexity index is 513. The van der Waals surface area contributed by atoms with Crippen molar-refractivity contribution >= 4 is 23.6 Å². The fraction of sp³-hybridized carbons (Fsp3) is 0.600. The van der Waals surface area contributed by atoms with Crippen LogP contribution < -0.4 is 0 Å². The van der Waals surface area contributed by atoms with Gasteiger partial charge in [0.15, 0.2) is 0 Å². The van der Waals surface area contributed by atoms with Crippen molar-refractivity contribution in [3.63, 3.8) is 0 Å². The normalized spacial score (nSPS) is 15.8. The lowest BCUT2D eigenvalue weighted by atomic mass is 10.2. The average Bonchev–Trinajstić information content (AvgIpc) is 2.98. The van der Waals surface area contributed by atoms with E-state index in [0.29, 0.717) is 11.1 Å². The molecule has 0 radical (unpaired) electrons. The lowest BCUT2D eigenvalue weighted by Crippen LogP contribution is -2.25. The molecule has 20 heavy (non-hydrogen) atoms. The van der Waals surface area contributed by atoms with Gasteiger partial charge in [-0.2, -0.15) is 5.10 Å². The van der Waals surface area contributed by atoms with Gasteiger partial charge in [0.1, 0.15) is 5.15 Å². The third kappa shape index (κ3) is 3.42. The summed E-state index contributed by atoms with van der Waals surface area (Å²) in [6, 6.07) is 0. The lowest BCUT2D eigenvalue weighted by molar-refractivity contribution is -0.124. The first kappa shape index (κ1) is 15.1. The minimum Gasteiger partial charge on any atom is -0.339 e. The number of amides is 1. The molecule has 110 valence electrons. The molecule has 0 atom stereocenters. The molecule has 1 amide bonds. The van der Waals surface area contributed by atoms with Crippen LogP contribution in [0.5, 0.6) is 0 Å². The Morgan fingerprint density at radius 2 is 2.05 bits per heavy atom. The highest BCUT2D eigenvalue weighted by atomic mass is 35.5. The van der Waals surface area contributed by atoms with Crippen LogP contribution in [0, 0.1) is 12.8 Å². The van der Waals surface area contributed by atoms with Crippen molar-refractivity contribution in [2.24, 2.45) is 5.92 Å². The van der Waals surface area contributed by atoms with E-state index in [4.69, 9.17) is 11.6 Å². The number of rotatable bonds is 4. The highest BCUT2D eigenvalue weighted by molar-refractivity contribution is 6.31. The second kappa shape index (κ2) is 6.44.